The summed E-state index contributed by atoms with van der Waals surface area (Å²) in [5, 5.41) is 11.6. The monoisotopic (exact) mass is 326 g/mol. The number of benzene rings is 1. The van der Waals surface area contributed by atoms with E-state index in [-0.39, 0.29) is 12.0 Å². The van der Waals surface area contributed by atoms with E-state index < -0.39 is 0 Å². The zero-order valence-corrected chi connectivity index (χ0v) is 13.7. The molecular formula is C18H22N4O2. The highest BCUT2D eigenvalue weighted by Crippen LogP contribution is 2.24. The highest BCUT2D eigenvalue weighted by Gasteiger charge is 2.23. The lowest BCUT2D eigenvalue weighted by atomic mass is 10.1. The van der Waals surface area contributed by atoms with Crippen LogP contribution >= 0.6 is 0 Å². The van der Waals surface area contributed by atoms with Crippen LogP contribution in [0.25, 0.3) is 11.4 Å². The van der Waals surface area contributed by atoms with E-state index >= 15 is 0 Å². The molecule has 1 aromatic carbocycles. The molecule has 4 rings (SSSR count). The molecule has 1 saturated heterocycles. The number of hydrogen-bond donors (Lipinski definition) is 1. The van der Waals surface area contributed by atoms with E-state index in [9.17, 15) is 4.79 Å². The molecule has 0 radical (unpaired) electrons. The zero-order chi connectivity index (χ0) is 16.4. The third-order valence-electron chi connectivity index (χ3n) is 4.74. The number of fused-ring (bicyclic) bond motifs is 1. The summed E-state index contributed by atoms with van der Waals surface area (Å²) in [5.41, 5.74) is 1.82. The molecule has 0 saturated carbocycles. The van der Waals surface area contributed by atoms with Crippen molar-refractivity contribution < 1.29 is 9.53 Å². The Morgan fingerprint density at radius 2 is 2.00 bits per heavy atom. The Balaban J connectivity index is 1.50. The Bertz CT molecular complexity index is 717. The van der Waals surface area contributed by atoms with Crippen LogP contribution in [0.5, 0.6) is 0 Å². The van der Waals surface area contributed by atoms with Gasteiger partial charge < -0.3 is 14.6 Å². The number of ether oxygens (including phenoxy) is 1. The highest BCUT2D eigenvalue weighted by molar-refractivity contribution is 5.94. The third-order valence-corrected chi connectivity index (χ3v) is 4.74. The molecule has 1 fully saturated rings. The van der Waals surface area contributed by atoms with Crippen LogP contribution in [-0.4, -0.2) is 33.4 Å². The quantitative estimate of drug-likeness (QED) is 0.941. The summed E-state index contributed by atoms with van der Waals surface area (Å²) in [5.74, 6) is 1.94. The van der Waals surface area contributed by atoms with Crippen molar-refractivity contribution in [1.29, 1.82) is 0 Å². The van der Waals surface area contributed by atoms with Crippen LogP contribution in [0.2, 0.25) is 0 Å². The second kappa shape index (κ2) is 6.73. The summed E-state index contributed by atoms with van der Waals surface area (Å²) in [4.78, 5) is 12.1. The van der Waals surface area contributed by atoms with Crippen molar-refractivity contribution in [2.24, 2.45) is 0 Å². The van der Waals surface area contributed by atoms with Crippen LogP contribution in [0.4, 0.5) is 5.69 Å². The maximum atomic E-state index is 12.1. The molecule has 0 unspecified atom stereocenters. The van der Waals surface area contributed by atoms with Gasteiger partial charge in [0.1, 0.15) is 11.9 Å². The van der Waals surface area contributed by atoms with E-state index in [1.165, 1.54) is 19.3 Å². The van der Waals surface area contributed by atoms with Gasteiger partial charge in [0, 0.05) is 30.8 Å². The minimum Gasteiger partial charge on any atom is -0.368 e. The Hall–Kier alpha value is -2.21. The maximum Gasteiger partial charge on any atom is 0.253 e. The molecule has 2 aromatic rings. The summed E-state index contributed by atoms with van der Waals surface area (Å²) in [6.07, 6.45) is 6.06. The highest BCUT2D eigenvalue weighted by atomic mass is 16.5. The van der Waals surface area contributed by atoms with Crippen molar-refractivity contribution in [3.05, 3.63) is 30.1 Å². The summed E-state index contributed by atoms with van der Waals surface area (Å²) >= 11 is 0. The van der Waals surface area contributed by atoms with Gasteiger partial charge in [0.2, 0.25) is 0 Å². The number of amides is 1. The van der Waals surface area contributed by atoms with Crippen LogP contribution < -0.4 is 5.32 Å². The van der Waals surface area contributed by atoms with Crippen molar-refractivity contribution in [3.63, 3.8) is 0 Å². The molecule has 1 N–H and O–H groups in total. The van der Waals surface area contributed by atoms with Crippen molar-refractivity contribution >= 4 is 11.6 Å². The van der Waals surface area contributed by atoms with Gasteiger partial charge in [0.05, 0.1) is 0 Å². The summed E-state index contributed by atoms with van der Waals surface area (Å²) < 4.78 is 7.64. The molecule has 1 amide bonds. The third kappa shape index (κ3) is 3.06. The maximum absolute atomic E-state index is 12.1. The van der Waals surface area contributed by atoms with E-state index in [1.54, 1.807) is 0 Å². The van der Waals surface area contributed by atoms with E-state index in [2.05, 4.69) is 20.1 Å². The Labute approximate surface area is 141 Å². The van der Waals surface area contributed by atoms with Gasteiger partial charge in [-0.3, -0.25) is 4.79 Å². The standard InChI is InChI=1S/C18H22N4O2/c23-18(15-5-4-12-24-15)19-14-9-7-13(8-10-14)17-21-20-16-6-2-1-3-11-22(16)17/h7-10,15H,1-6,11-12H2,(H,19,23)/t15-/m1/s1. The second-order valence-corrected chi connectivity index (χ2v) is 6.47. The van der Waals surface area contributed by atoms with Gasteiger partial charge in [-0.05, 0) is 49.9 Å². The number of aryl methyl sites for hydroxylation is 1. The van der Waals surface area contributed by atoms with E-state index in [1.807, 2.05) is 24.3 Å². The second-order valence-electron chi connectivity index (χ2n) is 6.47. The lowest BCUT2D eigenvalue weighted by Crippen LogP contribution is -2.26. The Kier molecular flexibility index (Phi) is 4.30. The molecule has 0 aliphatic carbocycles. The predicted molar refractivity (Wildman–Crippen MR) is 90.6 cm³/mol. The van der Waals surface area contributed by atoms with Crippen molar-refractivity contribution in [3.8, 4) is 11.4 Å². The lowest BCUT2D eigenvalue weighted by molar-refractivity contribution is -0.124. The SMILES string of the molecule is O=C(Nc1ccc(-c2nnc3n2CCCCC3)cc1)[C@H]1CCCO1. The van der Waals surface area contributed by atoms with Crippen molar-refractivity contribution in [1.82, 2.24) is 14.8 Å². The van der Waals surface area contributed by atoms with E-state index in [4.69, 9.17) is 4.74 Å². The average molecular weight is 326 g/mol. The molecule has 6 nitrogen and oxygen atoms in total. The lowest BCUT2D eigenvalue weighted by Gasteiger charge is -2.11. The molecule has 1 atom stereocenters. The van der Waals surface area contributed by atoms with E-state index in [0.717, 1.165) is 48.7 Å². The van der Waals surface area contributed by atoms with Gasteiger partial charge in [-0.2, -0.15) is 0 Å². The van der Waals surface area contributed by atoms with Crippen LogP contribution in [0, 0.1) is 0 Å². The fourth-order valence-electron chi connectivity index (χ4n) is 3.41. The molecule has 6 heteroatoms. The first-order chi connectivity index (χ1) is 11.8. The average Bonchev–Trinajstić information content (AvgIpc) is 3.22. The molecule has 2 aliphatic heterocycles. The first kappa shape index (κ1) is 15.3. The molecule has 1 aromatic heterocycles. The number of aromatic nitrogens is 3. The Morgan fingerprint density at radius 1 is 1.12 bits per heavy atom. The number of rotatable bonds is 3. The molecular weight excluding hydrogens is 304 g/mol. The number of nitrogens with zero attached hydrogens (tertiary/aromatic N) is 3. The van der Waals surface area contributed by atoms with Gasteiger partial charge in [0.15, 0.2) is 5.82 Å². The normalized spacial score (nSPS) is 20.4. The summed E-state index contributed by atoms with van der Waals surface area (Å²) in [7, 11) is 0. The van der Waals surface area contributed by atoms with Gasteiger partial charge >= 0.3 is 0 Å². The van der Waals surface area contributed by atoms with Crippen molar-refractivity contribution in [2.45, 2.75) is 51.2 Å². The van der Waals surface area contributed by atoms with E-state index in [0.29, 0.717) is 6.61 Å². The van der Waals surface area contributed by atoms with Crippen molar-refractivity contribution in [2.75, 3.05) is 11.9 Å². The number of nitrogens with one attached hydrogen (secondary N) is 1. The van der Waals surface area contributed by atoms with Gasteiger partial charge in [-0.1, -0.05) is 6.42 Å². The predicted octanol–water partition coefficient (Wildman–Crippen LogP) is 2.79. The van der Waals surface area contributed by atoms with Gasteiger partial charge in [-0.15, -0.1) is 10.2 Å². The van der Waals surface area contributed by atoms with Crippen LogP contribution in [0.15, 0.2) is 24.3 Å². The zero-order valence-electron chi connectivity index (χ0n) is 13.7. The molecule has 24 heavy (non-hydrogen) atoms. The fraction of sp³-hybridized carbons (Fsp3) is 0.500. The molecule has 126 valence electrons. The smallest absolute Gasteiger partial charge is 0.253 e. The molecule has 0 spiro atoms. The minimum absolute atomic E-state index is 0.0587. The first-order valence-corrected chi connectivity index (χ1v) is 8.76. The number of carbonyl (C=O) groups is 1. The van der Waals surface area contributed by atoms with Gasteiger partial charge in [-0.25, -0.2) is 0 Å². The Morgan fingerprint density at radius 3 is 2.79 bits per heavy atom. The molecule has 0 bridgehead atoms. The number of hydrogen-bond acceptors (Lipinski definition) is 4. The number of carbonyl (C=O) groups excluding carboxylic acids is 1. The van der Waals surface area contributed by atoms with Crippen LogP contribution in [0.1, 0.15) is 37.9 Å². The van der Waals surface area contributed by atoms with Gasteiger partial charge in [0.25, 0.3) is 5.91 Å². The number of anilines is 1. The summed E-state index contributed by atoms with van der Waals surface area (Å²) in [6, 6.07) is 7.82. The molecule has 2 aliphatic rings. The first-order valence-electron chi connectivity index (χ1n) is 8.76. The molecule has 3 heterocycles. The summed E-state index contributed by atoms with van der Waals surface area (Å²) in [6.45, 7) is 1.66. The fourth-order valence-corrected chi connectivity index (χ4v) is 3.41. The van der Waals surface area contributed by atoms with Crippen LogP contribution in [0.3, 0.4) is 0 Å². The topological polar surface area (TPSA) is 69.0 Å². The minimum atomic E-state index is -0.308. The largest absolute Gasteiger partial charge is 0.368 e. The van der Waals surface area contributed by atoms with Crippen LogP contribution in [-0.2, 0) is 22.5 Å².